The van der Waals surface area contributed by atoms with Gasteiger partial charge in [-0.05, 0) is 48.9 Å². The quantitative estimate of drug-likeness (QED) is 0.592. The van der Waals surface area contributed by atoms with Crippen molar-refractivity contribution in [3.8, 4) is 0 Å². The summed E-state index contributed by atoms with van der Waals surface area (Å²) in [6.07, 6.45) is 3.18. The number of aromatic nitrogens is 2. The summed E-state index contributed by atoms with van der Waals surface area (Å²) in [5.74, 6) is -0.851. The van der Waals surface area contributed by atoms with Crippen LogP contribution in [0.5, 0.6) is 0 Å². The Balaban J connectivity index is 1.57. The lowest BCUT2D eigenvalue weighted by atomic mass is 9.94. The standard InChI is InChI=1S/C23H22ClN3O4/c24-16-5-3-4-14(13-7-8-13)19(16)20(29)22-25-21(17-6-1-2-10-27(17)22)26-11-9-15(23(30)31)18(28)12-26/h1-6,10,13,15,18,28H,7-9,11-12H2,(H,30,31)/t15-,18-/m0/s1. The highest BCUT2D eigenvalue weighted by atomic mass is 35.5. The third-order valence-corrected chi connectivity index (χ3v) is 6.54. The molecule has 1 saturated heterocycles. The number of piperidine rings is 1. The average molecular weight is 440 g/mol. The Hall–Kier alpha value is -2.90. The van der Waals surface area contributed by atoms with Gasteiger partial charge in [0.1, 0.15) is 0 Å². The number of ketones is 1. The zero-order valence-electron chi connectivity index (χ0n) is 16.7. The molecule has 0 bridgehead atoms. The van der Waals surface area contributed by atoms with Gasteiger partial charge >= 0.3 is 5.97 Å². The lowest BCUT2D eigenvalue weighted by Gasteiger charge is -2.34. The molecular weight excluding hydrogens is 418 g/mol. The van der Waals surface area contributed by atoms with E-state index in [9.17, 15) is 19.8 Å². The van der Waals surface area contributed by atoms with Crippen molar-refractivity contribution in [2.24, 2.45) is 5.92 Å². The molecule has 8 heteroatoms. The van der Waals surface area contributed by atoms with E-state index in [-0.39, 0.29) is 18.2 Å². The van der Waals surface area contributed by atoms with Crippen molar-refractivity contribution in [2.75, 3.05) is 18.0 Å². The summed E-state index contributed by atoms with van der Waals surface area (Å²) < 4.78 is 1.74. The Bertz CT molecular complexity index is 1190. The van der Waals surface area contributed by atoms with Gasteiger partial charge < -0.3 is 15.1 Å². The fourth-order valence-electron chi connectivity index (χ4n) is 4.45. The Labute approximate surface area is 183 Å². The number of carboxylic acid groups (broad SMARTS) is 1. The third kappa shape index (κ3) is 3.47. The SMILES string of the molecule is O=C(c1c(Cl)cccc1C1CC1)c1nc(N2CC[C@H](C(=O)O)[C@@H](O)C2)c2ccccn12. The number of aliphatic hydroxyl groups is 1. The second kappa shape index (κ2) is 7.66. The van der Waals surface area contributed by atoms with Gasteiger partial charge in [-0.3, -0.25) is 14.0 Å². The number of halogens is 1. The number of aliphatic carboxylic acids is 1. The number of pyridine rings is 1. The third-order valence-electron chi connectivity index (χ3n) is 6.22. The molecule has 3 aromatic rings. The molecule has 7 nitrogen and oxygen atoms in total. The largest absolute Gasteiger partial charge is 0.481 e. The number of hydrogen-bond donors (Lipinski definition) is 2. The fraction of sp³-hybridized carbons (Fsp3) is 0.348. The summed E-state index contributed by atoms with van der Waals surface area (Å²) in [7, 11) is 0. The van der Waals surface area contributed by atoms with Crippen molar-refractivity contribution in [2.45, 2.75) is 31.3 Å². The number of anilines is 1. The fourth-order valence-corrected chi connectivity index (χ4v) is 4.72. The number of fused-ring (bicyclic) bond motifs is 1. The molecule has 2 atom stereocenters. The van der Waals surface area contributed by atoms with Crippen LogP contribution in [0.15, 0.2) is 42.6 Å². The van der Waals surface area contributed by atoms with Crippen molar-refractivity contribution in [1.29, 1.82) is 0 Å². The van der Waals surface area contributed by atoms with Crippen molar-refractivity contribution in [3.05, 3.63) is 64.6 Å². The number of imidazole rings is 1. The van der Waals surface area contributed by atoms with Crippen LogP contribution in [0.1, 0.15) is 46.9 Å². The first-order valence-electron chi connectivity index (χ1n) is 10.4. The molecule has 1 aliphatic heterocycles. The molecule has 1 saturated carbocycles. The van der Waals surface area contributed by atoms with Crippen molar-refractivity contribution in [3.63, 3.8) is 0 Å². The molecule has 0 unspecified atom stereocenters. The van der Waals surface area contributed by atoms with E-state index in [1.165, 1.54) is 0 Å². The van der Waals surface area contributed by atoms with Crippen LogP contribution in [0.4, 0.5) is 5.82 Å². The minimum absolute atomic E-state index is 0.144. The summed E-state index contributed by atoms with van der Waals surface area (Å²) in [5, 5.41) is 20.0. The van der Waals surface area contributed by atoms with E-state index < -0.39 is 18.0 Å². The Morgan fingerprint density at radius 1 is 1.10 bits per heavy atom. The minimum Gasteiger partial charge on any atom is -0.481 e. The number of hydrogen-bond acceptors (Lipinski definition) is 5. The van der Waals surface area contributed by atoms with Gasteiger partial charge in [-0.25, -0.2) is 4.98 Å². The van der Waals surface area contributed by atoms with E-state index in [1.54, 1.807) is 16.7 Å². The Kier molecular flexibility index (Phi) is 4.95. The smallest absolute Gasteiger partial charge is 0.309 e. The number of rotatable bonds is 5. The maximum atomic E-state index is 13.6. The van der Waals surface area contributed by atoms with Crippen molar-refractivity contribution in [1.82, 2.24) is 9.38 Å². The summed E-state index contributed by atoms with van der Waals surface area (Å²) >= 11 is 6.46. The van der Waals surface area contributed by atoms with Gasteiger partial charge in [0, 0.05) is 24.8 Å². The van der Waals surface area contributed by atoms with E-state index in [0.29, 0.717) is 35.3 Å². The number of carboxylic acids is 1. The first-order valence-corrected chi connectivity index (χ1v) is 10.8. The maximum absolute atomic E-state index is 13.6. The lowest BCUT2D eigenvalue weighted by Crippen LogP contribution is -2.46. The second-order valence-electron chi connectivity index (χ2n) is 8.27. The highest BCUT2D eigenvalue weighted by Gasteiger charge is 2.36. The molecule has 1 aromatic carbocycles. The minimum atomic E-state index is -1.00. The number of β-amino-alcohol motifs (C(OH)–C–C–N with tert-alkyl or cyclic N) is 1. The molecule has 0 spiro atoms. The van der Waals surface area contributed by atoms with Gasteiger partial charge in [-0.15, -0.1) is 0 Å². The Morgan fingerprint density at radius 3 is 2.61 bits per heavy atom. The summed E-state index contributed by atoms with van der Waals surface area (Å²) in [4.78, 5) is 31.5. The number of benzene rings is 1. The molecule has 3 heterocycles. The van der Waals surface area contributed by atoms with Crippen LogP contribution in [-0.2, 0) is 4.79 Å². The molecule has 0 radical (unpaired) electrons. The van der Waals surface area contributed by atoms with Crippen LogP contribution < -0.4 is 4.90 Å². The van der Waals surface area contributed by atoms with Gasteiger partial charge in [0.15, 0.2) is 11.6 Å². The molecule has 1 aliphatic carbocycles. The highest BCUT2D eigenvalue weighted by Crippen LogP contribution is 2.43. The summed E-state index contributed by atoms with van der Waals surface area (Å²) in [5.41, 5.74) is 2.19. The van der Waals surface area contributed by atoms with Crippen LogP contribution in [0.25, 0.3) is 5.52 Å². The van der Waals surface area contributed by atoms with Crippen molar-refractivity contribution < 1.29 is 19.8 Å². The molecule has 0 amide bonds. The average Bonchev–Trinajstić information content (AvgIpc) is 3.53. The van der Waals surface area contributed by atoms with Gasteiger partial charge in [-0.2, -0.15) is 0 Å². The van der Waals surface area contributed by atoms with Crippen LogP contribution >= 0.6 is 11.6 Å². The molecule has 2 fully saturated rings. The predicted octanol–water partition coefficient (Wildman–Crippen LogP) is 3.37. The second-order valence-corrected chi connectivity index (χ2v) is 8.68. The topological polar surface area (TPSA) is 95.1 Å². The Morgan fingerprint density at radius 2 is 1.90 bits per heavy atom. The molecular formula is C23H22ClN3O4. The molecule has 5 rings (SSSR count). The van der Waals surface area contributed by atoms with E-state index in [4.69, 9.17) is 11.6 Å². The highest BCUT2D eigenvalue weighted by molar-refractivity contribution is 6.35. The lowest BCUT2D eigenvalue weighted by molar-refractivity contribution is -0.146. The first kappa shape index (κ1) is 20.0. The van der Waals surface area contributed by atoms with Gasteiger partial charge in [-0.1, -0.05) is 29.8 Å². The molecule has 2 aromatic heterocycles. The van der Waals surface area contributed by atoms with Gasteiger partial charge in [0.25, 0.3) is 0 Å². The number of carbonyl (C=O) groups excluding carboxylic acids is 1. The summed E-state index contributed by atoms with van der Waals surface area (Å²) in [6.45, 7) is 0.578. The zero-order chi connectivity index (χ0) is 21.7. The van der Waals surface area contributed by atoms with E-state index in [0.717, 1.165) is 23.9 Å². The van der Waals surface area contributed by atoms with Crippen LogP contribution in [0, 0.1) is 5.92 Å². The molecule has 160 valence electrons. The van der Waals surface area contributed by atoms with Crippen LogP contribution in [0.2, 0.25) is 5.02 Å². The zero-order valence-corrected chi connectivity index (χ0v) is 17.5. The predicted molar refractivity (Wildman–Crippen MR) is 116 cm³/mol. The van der Waals surface area contributed by atoms with E-state index in [2.05, 4.69) is 4.98 Å². The van der Waals surface area contributed by atoms with Crippen LogP contribution in [-0.4, -0.2) is 50.5 Å². The number of carbonyl (C=O) groups is 2. The normalized spacial score (nSPS) is 21.4. The van der Waals surface area contributed by atoms with E-state index in [1.807, 2.05) is 35.2 Å². The van der Waals surface area contributed by atoms with Gasteiger partial charge in [0.05, 0.1) is 22.6 Å². The molecule has 31 heavy (non-hydrogen) atoms. The van der Waals surface area contributed by atoms with E-state index >= 15 is 0 Å². The maximum Gasteiger partial charge on any atom is 0.309 e. The summed E-state index contributed by atoms with van der Waals surface area (Å²) in [6, 6.07) is 11.1. The van der Waals surface area contributed by atoms with Crippen molar-refractivity contribution >= 4 is 34.7 Å². The monoisotopic (exact) mass is 439 g/mol. The first-order chi connectivity index (χ1) is 15.0. The van der Waals surface area contributed by atoms with Crippen LogP contribution in [0.3, 0.4) is 0 Å². The number of nitrogens with zero attached hydrogens (tertiary/aromatic N) is 3. The molecule has 2 N–H and O–H groups in total. The molecule has 2 aliphatic rings. The van der Waals surface area contributed by atoms with Gasteiger partial charge in [0.2, 0.25) is 5.78 Å². The number of aliphatic hydroxyl groups excluding tert-OH is 1.